The highest BCUT2D eigenvalue weighted by atomic mass is 16.2. The van der Waals surface area contributed by atoms with E-state index in [-0.39, 0.29) is 12.5 Å². The third-order valence-electron chi connectivity index (χ3n) is 3.96. The molecule has 2 heterocycles. The number of aromatic nitrogens is 1. The Morgan fingerprint density at radius 1 is 1.47 bits per heavy atom. The first-order valence-electron chi connectivity index (χ1n) is 6.64. The molecule has 0 radical (unpaired) electrons. The van der Waals surface area contributed by atoms with E-state index in [1.807, 2.05) is 4.90 Å². The van der Waals surface area contributed by atoms with E-state index in [2.05, 4.69) is 16.8 Å². The van der Waals surface area contributed by atoms with E-state index in [0.717, 1.165) is 19.4 Å². The van der Waals surface area contributed by atoms with Gasteiger partial charge in [0, 0.05) is 24.3 Å². The summed E-state index contributed by atoms with van der Waals surface area (Å²) >= 11 is 0. The van der Waals surface area contributed by atoms with Crippen molar-refractivity contribution >= 4 is 5.91 Å². The maximum Gasteiger partial charge on any atom is 0.272 e. The van der Waals surface area contributed by atoms with E-state index < -0.39 is 0 Å². The van der Waals surface area contributed by atoms with Crippen molar-refractivity contribution in [1.82, 2.24) is 9.88 Å². The van der Waals surface area contributed by atoms with Gasteiger partial charge < -0.3 is 10.0 Å². The number of piperidine rings is 1. The van der Waals surface area contributed by atoms with Gasteiger partial charge in [-0.25, -0.2) is 4.98 Å². The van der Waals surface area contributed by atoms with Gasteiger partial charge in [0.15, 0.2) is 0 Å². The maximum absolute atomic E-state index is 12.3. The number of hydrogen-bond donors (Lipinski definition) is 1. The second-order valence-electron chi connectivity index (χ2n) is 5.18. The summed E-state index contributed by atoms with van der Waals surface area (Å²) in [7, 11) is 0. The summed E-state index contributed by atoms with van der Waals surface area (Å²) in [5, 5.41) is 8.62. The molecule has 1 saturated heterocycles. The number of nitrogens with zero attached hydrogens (tertiary/aromatic N) is 2. The largest absolute Gasteiger partial charge is 0.384 e. The molecule has 98 valence electrons. The van der Waals surface area contributed by atoms with Crippen molar-refractivity contribution in [1.29, 1.82) is 0 Å². The molecule has 0 spiro atoms. The topological polar surface area (TPSA) is 53.4 Å². The van der Waals surface area contributed by atoms with Crippen molar-refractivity contribution in [3.8, 4) is 11.8 Å². The van der Waals surface area contributed by atoms with Gasteiger partial charge in [-0.1, -0.05) is 11.8 Å². The lowest BCUT2D eigenvalue weighted by atomic mass is 10.1. The van der Waals surface area contributed by atoms with Gasteiger partial charge in [0.1, 0.15) is 12.3 Å². The molecule has 1 amide bonds. The summed E-state index contributed by atoms with van der Waals surface area (Å²) in [5.41, 5.74) is 1.20. The Hall–Kier alpha value is -1.86. The van der Waals surface area contributed by atoms with Gasteiger partial charge in [0.25, 0.3) is 5.91 Å². The van der Waals surface area contributed by atoms with Gasteiger partial charge in [-0.2, -0.15) is 0 Å². The zero-order chi connectivity index (χ0) is 13.2. The molecule has 2 unspecified atom stereocenters. The second kappa shape index (κ2) is 5.02. The fraction of sp³-hybridized carbons (Fsp3) is 0.467. The van der Waals surface area contributed by atoms with Gasteiger partial charge in [0.05, 0.1) is 0 Å². The molecule has 3 rings (SSSR count). The van der Waals surface area contributed by atoms with Crippen LogP contribution in [0, 0.1) is 17.8 Å². The van der Waals surface area contributed by atoms with Crippen LogP contribution in [-0.4, -0.2) is 40.1 Å². The number of hydrogen-bond acceptors (Lipinski definition) is 3. The van der Waals surface area contributed by atoms with Crippen molar-refractivity contribution in [3.05, 3.63) is 29.6 Å². The van der Waals surface area contributed by atoms with Crippen LogP contribution in [-0.2, 0) is 0 Å². The number of carbonyl (C=O) groups excluding carboxylic acids is 1. The van der Waals surface area contributed by atoms with E-state index in [1.54, 1.807) is 18.3 Å². The molecule has 1 aromatic rings. The Balaban J connectivity index is 1.73. The normalized spacial score (nSPS) is 24.2. The molecule has 4 nitrogen and oxygen atoms in total. The number of pyridine rings is 1. The van der Waals surface area contributed by atoms with E-state index in [1.165, 1.54) is 6.42 Å². The van der Waals surface area contributed by atoms with Crippen LogP contribution in [0.3, 0.4) is 0 Å². The smallest absolute Gasteiger partial charge is 0.272 e. The monoisotopic (exact) mass is 256 g/mol. The summed E-state index contributed by atoms with van der Waals surface area (Å²) in [5.74, 6) is 6.06. The first-order chi connectivity index (χ1) is 9.28. The van der Waals surface area contributed by atoms with Crippen molar-refractivity contribution in [2.45, 2.75) is 25.3 Å². The summed E-state index contributed by atoms with van der Waals surface area (Å²) in [4.78, 5) is 18.5. The predicted octanol–water partition coefficient (Wildman–Crippen LogP) is 1.05. The minimum atomic E-state index is -0.169. The number of aliphatic hydroxyl groups excluding tert-OH is 1. The van der Waals surface area contributed by atoms with E-state index >= 15 is 0 Å². The molecule has 1 aromatic heterocycles. The molecule has 1 saturated carbocycles. The lowest BCUT2D eigenvalue weighted by Crippen LogP contribution is -2.38. The molecule has 2 bridgehead atoms. The Kier molecular flexibility index (Phi) is 3.22. The third kappa shape index (κ3) is 2.34. The summed E-state index contributed by atoms with van der Waals surface area (Å²) in [6, 6.07) is 3.92. The van der Waals surface area contributed by atoms with Crippen molar-refractivity contribution in [2.75, 3.05) is 13.2 Å². The van der Waals surface area contributed by atoms with Crippen LogP contribution in [0.5, 0.6) is 0 Å². The standard InChI is InChI=1S/C15H16N2O2/c18-7-1-2-11-4-6-14(16-9-11)15(19)17-10-12-3-5-13(17)8-12/h4,6,9,12-13,18H,3,5,7-8,10H2. The minimum Gasteiger partial charge on any atom is -0.384 e. The quantitative estimate of drug-likeness (QED) is 0.764. The molecule has 19 heavy (non-hydrogen) atoms. The molecule has 2 atom stereocenters. The number of aliphatic hydroxyl groups is 1. The van der Waals surface area contributed by atoms with E-state index in [4.69, 9.17) is 5.11 Å². The molecular formula is C15H16N2O2. The Morgan fingerprint density at radius 2 is 2.37 bits per heavy atom. The van der Waals surface area contributed by atoms with Crippen LogP contribution in [0.1, 0.15) is 35.3 Å². The number of amides is 1. The Bertz CT molecular complexity index is 542. The van der Waals surface area contributed by atoms with Gasteiger partial charge >= 0.3 is 0 Å². The highest BCUT2D eigenvalue weighted by molar-refractivity contribution is 5.92. The fourth-order valence-corrected chi connectivity index (χ4v) is 3.06. The van der Waals surface area contributed by atoms with Crippen LogP contribution >= 0.6 is 0 Å². The fourth-order valence-electron chi connectivity index (χ4n) is 3.06. The van der Waals surface area contributed by atoms with Crippen LogP contribution < -0.4 is 0 Å². The average Bonchev–Trinajstić information content (AvgIpc) is 3.07. The predicted molar refractivity (Wildman–Crippen MR) is 70.4 cm³/mol. The lowest BCUT2D eigenvalue weighted by Gasteiger charge is -2.26. The number of rotatable bonds is 1. The summed E-state index contributed by atoms with van der Waals surface area (Å²) < 4.78 is 0. The maximum atomic E-state index is 12.3. The zero-order valence-corrected chi connectivity index (χ0v) is 10.7. The Labute approximate surface area is 112 Å². The lowest BCUT2D eigenvalue weighted by molar-refractivity contribution is 0.0697. The van der Waals surface area contributed by atoms with Gasteiger partial charge in [-0.3, -0.25) is 4.79 Å². The van der Waals surface area contributed by atoms with Gasteiger partial charge in [-0.15, -0.1) is 0 Å². The molecule has 2 aliphatic rings. The van der Waals surface area contributed by atoms with Crippen molar-refractivity contribution < 1.29 is 9.90 Å². The molecule has 0 aromatic carbocycles. The molecule has 2 fully saturated rings. The van der Waals surface area contributed by atoms with Crippen LogP contribution in [0.25, 0.3) is 0 Å². The van der Waals surface area contributed by atoms with Crippen molar-refractivity contribution in [2.24, 2.45) is 5.92 Å². The SMILES string of the molecule is O=C(c1ccc(C#CCO)cn1)N1CC2CCC1C2. The van der Waals surface area contributed by atoms with Gasteiger partial charge in [0.2, 0.25) is 0 Å². The molecule has 1 aliphatic carbocycles. The second-order valence-corrected chi connectivity index (χ2v) is 5.18. The van der Waals surface area contributed by atoms with Crippen LogP contribution in [0.4, 0.5) is 0 Å². The highest BCUT2D eigenvalue weighted by Gasteiger charge is 2.40. The van der Waals surface area contributed by atoms with Gasteiger partial charge in [-0.05, 0) is 37.3 Å². The number of carbonyl (C=O) groups is 1. The molecule has 1 N–H and O–H groups in total. The summed E-state index contributed by atoms with van der Waals surface area (Å²) in [6.07, 6.45) is 5.14. The van der Waals surface area contributed by atoms with Crippen molar-refractivity contribution in [3.63, 3.8) is 0 Å². The van der Waals surface area contributed by atoms with Crippen LogP contribution in [0.2, 0.25) is 0 Å². The minimum absolute atomic E-state index is 0.0360. The first-order valence-corrected chi connectivity index (χ1v) is 6.64. The number of fused-ring (bicyclic) bond motifs is 2. The first kappa shape index (κ1) is 12.2. The van der Waals surface area contributed by atoms with E-state index in [0.29, 0.717) is 23.2 Å². The summed E-state index contributed by atoms with van der Waals surface area (Å²) in [6.45, 7) is 0.717. The average molecular weight is 256 g/mol. The van der Waals surface area contributed by atoms with E-state index in [9.17, 15) is 4.79 Å². The third-order valence-corrected chi connectivity index (χ3v) is 3.96. The Morgan fingerprint density at radius 3 is 2.95 bits per heavy atom. The molecule has 1 aliphatic heterocycles. The number of likely N-dealkylation sites (tertiary alicyclic amines) is 1. The zero-order valence-electron chi connectivity index (χ0n) is 10.7. The highest BCUT2D eigenvalue weighted by Crippen LogP contribution is 2.37. The molecular weight excluding hydrogens is 240 g/mol. The van der Waals surface area contributed by atoms with Crippen LogP contribution in [0.15, 0.2) is 18.3 Å². The molecule has 4 heteroatoms.